The molecular weight excluding hydrogens is 532 g/mol. The van der Waals surface area contributed by atoms with Gasteiger partial charge in [0.15, 0.2) is 0 Å². The highest BCUT2D eigenvalue weighted by Gasteiger charge is 2.72. The molecule has 222 valence electrons. The van der Waals surface area contributed by atoms with Crippen LogP contribution in [0, 0.1) is 11.8 Å². The largest absolute Gasteiger partial charge is 0.457 e. The maximum Gasteiger partial charge on any atom is 0.246 e. The monoisotopic (exact) mass is 572 g/mol. The summed E-state index contributed by atoms with van der Waals surface area (Å²) in [6.07, 6.45) is 9.15. The Kier molecular flexibility index (Phi) is 8.05. The predicted molar refractivity (Wildman–Crippen MR) is 159 cm³/mol. The number of para-hydroxylation sites is 1. The third kappa shape index (κ3) is 5.43. The molecule has 1 aliphatic carbocycles. The van der Waals surface area contributed by atoms with Crippen LogP contribution in [0.1, 0.15) is 38.5 Å². The van der Waals surface area contributed by atoms with Gasteiger partial charge >= 0.3 is 0 Å². The van der Waals surface area contributed by atoms with Crippen LogP contribution in [0.25, 0.3) is 0 Å². The normalized spacial score (nSPS) is 28.3. The van der Waals surface area contributed by atoms with Crippen LogP contribution in [0.5, 0.6) is 11.5 Å². The Morgan fingerprint density at radius 2 is 1.71 bits per heavy atom. The van der Waals surface area contributed by atoms with Gasteiger partial charge in [0.05, 0.1) is 17.9 Å². The van der Waals surface area contributed by atoms with E-state index in [1.165, 1.54) is 6.42 Å². The van der Waals surface area contributed by atoms with Crippen LogP contribution < -0.4 is 15.4 Å². The predicted octanol–water partition coefficient (Wildman–Crippen LogP) is 3.97. The highest BCUT2D eigenvalue weighted by Crippen LogP contribution is 2.55. The topological polar surface area (TPSA) is 100 Å². The number of likely N-dealkylation sites (tertiary alicyclic amines) is 1. The van der Waals surface area contributed by atoms with E-state index < -0.39 is 29.6 Å². The second-order valence-electron chi connectivity index (χ2n) is 12.2. The average Bonchev–Trinajstić information content (AvgIpc) is 3.62. The van der Waals surface area contributed by atoms with Gasteiger partial charge in [-0.05, 0) is 76.3 Å². The van der Waals surface area contributed by atoms with Crippen LogP contribution in [0.4, 0.5) is 5.69 Å². The number of fused-ring (bicyclic) bond motifs is 1. The van der Waals surface area contributed by atoms with E-state index >= 15 is 0 Å². The first kappa shape index (κ1) is 28.4. The fourth-order valence-corrected chi connectivity index (χ4v) is 7.05. The van der Waals surface area contributed by atoms with E-state index in [1.807, 2.05) is 56.6 Å². The molecule has 2 bridgehead atoms. The van der Waals surface area contributed by atoms with Gasteiger partial charge in [0.1, 0.15) is 23.1 Å². The minimum atomic E-state index is -1.14. The van der Waals surface area contributed by atoms with Gasteiger partial charge in [-0.1, -0.05) is 49.6 Å². The fourth-order valence-electron chi connectivity index (χ4n) is 7.05. The maximum absolute atomic E-state index is 14.1. The highest BCUT2D eigenvalue weighted by atomic mass is 16.5. The first-order valence-corrected chi connectivity index (χ1v) is 15.1. The Hall–Kier alpha value is -3.69. The van der Waals surface area contributed by atoms with E-state index in [2.05, 4.69) is 15.5 Å². The fraction of sp³-hybridized carbons (Fsp3) is 0.485. The number of carbonyl (C=O) groups excluding carboxylic acids is 3. The second kappa shape index (κ2) is 11.9. The van der Waals surface area contributed by atoms with E-state index in [9.17, 15) is 14.4 Å². The number of hydrogen-bond acceptors (Lipinski definition) is 6. The third-order valence-electron chi connectivity index (χ3n) is 8.98. The van der Waals surface area contributed by atoms with Crippen molar-refractivity contribution in [3.05, 3.63) is 66.7 Å². The van der Waals surface area contributed by atoms with Crippen molar-refractivity contribution in [1.29, 1.82) is 0 Å². The van der Waals surface area contributed by atoms with E-state index in [4.69, 9.17) is 9.47 Å². The molecule has 42 heavy (non-hydrogen) atoms. The van der Waals surface area contributed by atoms with Crippen molar-refractivity contribution >= 4 is 23.4 Å². The van der Waals surface area contributed by atoms with E-state index in [-0.39, 0.29) is 23.8 Å². The summed E-state index contributed by atoms with van der Waals surface area (Å²) in [6, 6.07) is 15.9. The standard InChI is InChI=1S/C33H40N4O5/c1-36(2)20-9-21-37-29(31(39)35-22-10-5-3-6-11-22)33-19-18-26(42-33)27(28(33)32(37)40)30(38)34-23-14-16-25(17-15-23)41-24-12-7-4-8-13-24/h4,7-8,12-19,22,26-29H,3,5-6,9-11,20-21H2,1-2H3,(H,34,38)(H,35,39)/t26-,27?,28-,29?,33?/m0/s1. The van der Waals surface area contributed by atoms with E-state index in [0.717, 1.165) is 44.4 Å². The van der Waals surface area contributed by atoms with Gasteiger partial charge in [-0.25, -0.2) is 0 Å². The van der Waals surface area contributed by atoms with Gasteiger partial charge in [0, 0.05) is 18.3 Å². The minimum Gasteiger partial charge on any atom is -0.457 e. The molecule has 9 nitrogen and oxygen atoms in total. The quantitative estimate of drug-likeness (QED) is 0.418. The zero-order chi connectivity index (χ0) is 29.3. The molecule has 6 rings (SSSR count). The van der Waals surface area contributed by atoms with Gasteiger partial charge < -0.3 is 29.9 Å². The summed E-state index contributed by atoms with van der Waals surface area (Å²) in [7, 11) is 3.97. The van der Waals surface area contributed by atoms with Crippen molar-refractivity contribution in [2.24, 2.45) is 11.8 Å². The van der Waals surface area contributed by atoms with Gasteiger partial charge in [0.25, 0.3) is 0 Å². The van der Waals surface area contributed by atoms with Gasteiger partial charge in [-0.15, -0.1) is 0 Å². The van der Waals surface area contributed by atoms with E-state index in [0.29, 0.717) is 18.0 Å². The first-order valence-electron chi connectivity index (χ1n) is 15.1. The van der Waals surface area contributed by atoms with Crippen molar-refractivity contribution in [3.63, 3.8) is 0 Å². The van der Waals surface area contributed by atoms with Crippen molar-refractivity contribution in [3.8, 4) is 11.5 Å². The summed E-state index contributed by atoms with van der Waals surface area (Å²) < 4.78 is 12.3. The molecule has 2 aromatic rings. The Bertz CT molecular complexity index is 1320. The Balaban J connectivity index is 1.20. The van der Waals surface area contributed by atoms with Crippen LogP contribution in [0.3, 0.4) is 0 Å². The lowest BCUT2D eigenvalue weighted by Gasteiger charge is -2.34. The summed E-state index contributed by atoms with van der Waals surface area (Å²) in [5, 5.41) is 6.22. The molecule has 0 aromatic heterocycles. The number of anilines is 1. The molecule has 2 saturated heterocycles. The molecule has 3 fully saturated rings. The molecule has 1 saturated carbocycles. The van der Waals surface area contributed by atoms with Crippen molar-refractivity contribution < 1.29 is 23.9 Å². The second-order valence-corrected chi connectivity index (χ2v) is 12.2. The molecule has 3 unspecified atom stereocenters. The summed E-state index contributed by atoms with van der Waals surface area (Å²) in [5.74, 6) is -0.763. The number of benzene rings is 2. The number of ether oxygens (including phenoxy) is 2. The van der Waals surface area contributed by atoms with Crippen LogP contribution >= 0.6 is 0 Å². The number of nitrogens with one attached hydrogen (secondary N) is 2. The number of rotatable bonds is 10. The molecule has 9 heteroatoms. The van der Waals surface area contributed by atoms with Gasteiger partial charge in [0.2, 0.25) is 17.7 Å². The third-order valence-corrected chi connectivity index (χ3v) is 8.98. The molecule has 1 spiro atoms. The molecule has 0 radical (unpaired) electrons. The molecule has 5 atom stereocenters. The van der Waals surface area contributed by atoms with Gasteiger partial charge in [-0.3, -0.25) is 14.4 Å². The Labute approximate surface area is 247 Å². The van der Waals surface area contributed by atoms with Crippen LogP contribution in [-0.2, 0) is 19.1 Å². The van der Waals surface area contributed by atoms with Crippen LogP contribution in [0.15, 0.2) is 66.7 Å². The summed E-state index contributed by atoms with van der Waals surface area (Å²) in [5.41, 5.74) is -0.547. The SMILES string of the molecule is CN(C)CCCN1C(=O)[C@@H]2C(C(=O)Nc3ccc(Oc4ccccc4)cc3)[C@@H]3C=CC2(O3)C1C(=O)NC1CCCCC1. The lowest BCUT2D eigenvalue weighted by atomic mass is 9.74. The molecule has 2 N–H and O–H groups in total. The van der Waals surface area contributed by atoms with Gasteiger partial charge in [-0.2, -0.15) is 0 Å². The van der Waals surface area contributed by atoms with Crippen LogP contribution in [0.2, 0.25) is 0 Å². The maximum atomic E-state index is 14.1. The van der Waals surface area contributed by atoms with Crippen molar-refractivity contribution in [1.82, 2.24) is 15.1 Å². The molecular formula is C33H40N4O5. The summed E-state index contributed by atoms with van der Waals surface area (Å²) >= 11 is 0. The average molecular weight is 573 g/mol. The molecule has 3 heterocycles. The first-order chi connectivity index (χ1) is 20.4. The Morgan fingerprint density at radius 1 is 1.00 bits per heavy atom. The molecule has 3 amide bonds. The zero-order valence-electron chi connectivity index (χ0n) is 24.3. The number of nitrogens with zero attached hydrogens (tertiary/aromatic N) is 2. The number of hydrogen-bond donors (Lipinski definition) is 2. The lowest BCUT2D eigenvalue weighted by molar-refractivity contribution is -0.141. The lowest BCUT2D eigenvalue weighted by Crippen LogP contribution is -2.56. The van der Waals surface area contributed by atoms with E-state index in [1.54, 1.807) is 29.2 Å². The zero-order valence-corrected chi connectivity index (χ0v) is 24.3. The van der Waals surface area contributed by atoms with Crippen molar-refractivity contribution in [2.75, 3.05) is 32.5 Å². The molecule has 4 aliphatic rings. The molecule has 3 aliphatic heterocycles. The Morgan fingerprint density at radius 3 is 2.43 bits per heavy atom. The van der Waals surface area contributed by atoms with Crippen LogP contribution in [-0.4, -0.2) is 78.5 Å². The highest BCUT2D eigenvalue weighted by molar-refractivity contribution is 6.02. The number of carbonyl (C=O) groups is 3. The smallest absolute Gasteiger partial charge is 0.246 e. The number of amides is 3. The molecule has 2 aromatic carbocycles. The summed E-state index contributed by atoms with van der Waals surface area (Å²) in [4.78, 5) is 45.4. The summed E-state index contributed by atoms with van der Waals surface area (Å²) in [6.45, 7) is 1.21. The van der Waals surface area contributed by atoms with Crippen molar-refractivity contribution in [2.45, 2.75) is 62.3 Å². The minimum absolute atomic E-state index is 0.107.